The lowest BCUT2D eigenvalue weighted by Gasteiger charge is -1.96. The van der Waals surface area contributed by atoms with Gasteiger partial charge in [0.05, 0.1) is 0 Å². The van der Waals surface area contributed by atoms with Gasteiger partial charge in [0, 0.05) is 0 Å². The molecular formula is C10H11BO2. The summed E-state index contributed by atoms with van der Waals surface area (Å²) in [6.07, 6.45) is 3.04. The zero-order valence-electron chi connectivity index (χ0n) is 7.57. The molecule has 0 fully saturated rings. The minimum atomic E-state index is -0.239. The third kappa shape index (κ3) is 1.69. The lowest BCUT2D eigenvalue weighted by Crippen LogP contribution is -2.21. The second-order valence-electron chi connectivity index (χ2n) is 2.89. The van der Waals surface area contributed by atoms with Crippen molar-refractivity contribution in [1.82, 2.24) is 0 Å². The van der Waals surface area contributed by atoms with Gasteiger partial charge >= 0.3 is 7.12 Å². The molecule has 13 heavy (non-hydrogen) atoms. The first-order valence-corrected chi connectivity index (χ1v) is 4.49. The summed E-state index contributed by atoms with van der Waals surface area (Å²) in [6, 6.07) is 7.70. The van der Waals surface area contributed by atoms with Crippen LogP contribution < -0.4 is 9.31 Å². The summed E-state index contributed by atoms with van der Waals surface area (Å²) in [4.78, 5) is 0. The number of para-hydroxylation sites is 2. The second kappa shape index (κ2) is 3.56. The predicted molar refractivity (Wildman–Crippen MR) is 52.9 cm³/mol. The molecule has 0 spiro atoms. The fourth-order valence-corrected chi connectivity index (χ4v) is 1.24. The van der Waals surface area contributed by atoms with Crippen molar-refractivity contribution < 1.29 is 9.31 Å². The summed E-state index contributed by atoms with van der Waals surface area (Å²) in [5.74, 6) is 3.58. The van der Waals surface area contributed by atoms with Crippen molar-refractivity contribution in [2.24, 2.45) is 0 Å². The first-order valence-electron chi connectivity index (χ1n) is 4.49. The maximum atomic E-state index is 5.50. The van der Waals surface area contributed by atoms with E-state index in [0.717, 1.165) is 17.9 Å². The van der Waals surface area contributed by atoms with E-state index in [1.165, 1.54) is 0 Å². The molecule has 0 aliphatic carbocycles. The molecule has 0 bridgehead atoms. The van der Waals surface area contributed by atoms with Crippen molar-refractivity contribution in [3.63, 3.8) is 0 Å². The van der Waals surface area contributed by atoms with Gasteiger partial charge in [-0.3, -0.25) is 0 Å². The van der Waals surface area contributed by atoms with Gasteiger partial charge in [-0.25, -0.2) is 0 Å². The normalized spacial score (nSPS) is 14.1. The molecule has 66 valence electrons. The first kappa shape index (κ1) is 8.23. The van der Waals surface area contributed by atoms with Crippen LogP contribution in [0, 0.1) is 0 Å². The van der Waals surface area contributed by atoms with Crippen LogP contribution in [0.25, 0.3) is 0 Å². The van der Waals surface area contributed by atoms with Crippen molar-refractivity contribution in [3.8, 4) is 11.5 Å². The maximum Gasteiger partial charge on any atom is 0.624 e. The molecule has 1 aromatic carbocycles. The third-order valence-electron chi connectivity index (χ3n) is 1.86. The maximum absolute atomic E-state index is 5.50. The lowest BCUT2D eigenvalue weighted by atomic mass is 9.90. The van der Waals surface area contributed by atoms with E-state index < -0.39 is 0 Å². The molecule has 0 atom stereocenters. The molecule has 2 nitrogen and oxygen atoms in total. The molecule has 3 heteroatoms. The Bertz CT molecular complexity index is 297. The summed E-state index contributed by atoms with van der Waals surface area (Å²) >= 11 is 0. The summed E-state index contributed by atoms with van der Waals surface area (Å²) in [6.45, 7) is 2.08. The zero-order valence-corrected chi connectivity index (χ0v) is 7.57. The standard InChI is InChI=1S/C10H11BO2/c1-2-3-8-11-12-9-6-4-5-7-10(9)13-11/h3-8H,2H2,1H3/b8-3+. The number of hydrogen-bond donors (Lipinski definition) is 0. The molecule has 0 N–H and O–H groups in total. The number of fused-ring (bicyclic) bond motifs is 1. The highest BCUT2D eigenvalue weighted by atomic mass is 16.6. The molecule has 2 rings (SSSR count). The molecule has 0 saturated heterocycles. The van der Waals surface area contributed by atoms with Gasteiger partial charge in [-0.15, -0.1) is 0 Å². The Morgan fingerprint density at radius 1 is 1.23 bits per heavy atom. The Hall–Kier alpha value is -1.38. The van der Waals surface area contributed by atoms with E-state index in [4.69, 9.17) is 9.31 Å². The van der Waals surface area contributed by atoms with Gasteiger partial charge in [-0.05, 0) is 24.5 Å². The largest absolute Gasteiger partial charge is 0.624 e. The van der Waals surface area contributed by atoms with E-state index >= 15 is 0 Å². The van der Waals surface area contributed by atoms with E-state index in [9.17, 15) is 0 Å². The van der Waals surface area contributed by atoms with E-state index in [1.807, 2.05) is 36.3 Å². The van der Waals surface area contributed by atoms with Gasteiger partial charge in [-0.1, -0.05) is 25.1 Å². The molecule has 0 amide bonds. The van der Waals surface area contributed by atoms with Crippen molar-refractivity contribution >= 4 is 7.12 Å². The zero-order chi connectivity index (χ0) is 9.10. The average Bonchev–Trinajstić information content (AvgIpc) is 2.57. The van der Waals surface area contributed by atoms with E-state index in [-0.39, 0.29) is 7.12 Å². The lowest BCUT2D eigenvalue weighted by molar-refractivity contribution is 0.517. The van der Waals surface area contributed by atoms with Crippen LogP contribution in [0.4, 0.5) is 0 Å². The Morgan fingerprint density at radius 2 is 1.85 bits per heavy atom. The highest BCUT2D eigenvalue weighted by molar-refractivity contribution is 6.53. The van der Waals surface area contributed by atoms with Gasteiger partial charge in [-0.2, -0.15) is 0 Å². The van der Waals surface area contributed by atoms with Crippen LogP contribution in [0.2, 0.25) is 0 Å². The molecule has 0 saturated carbocycles. The summed E-state index contributed by atoms with van der Waals surface area (Å²) < 4.78 is 11.0. The van der Waals surface area contributed by atoms with Crippen molar-refractivity contribution in [2.75, 3.05) is 0 Å². The molecule has 1 aliphatic rings. The van der Waals surface area contributed by atoms with Gasteiger partial charge in [0.15, 0.2) is 0 Å². The second-order valence-corrected chi connectivity index (χ2v) is 2.89. The monoisotopic (exact) mass is 174 g/mol. The fourth-order valence-electron chi connectivity index (χ4n) is 1.24. The molecule has 1 aromatic rings. The SMILES string of the molecule is CC/C=C/B1Oc2ccccc2O1. The van der Waals surface area contributed by atoms with Crippen LogP contribution in [0.3, 0.4) is 0 Å². The Labute approximate surface area is 78.3 Å². The fraction of sp³-hybridized carbons (Fsp3) is 0.200. The Balaban J connectivity index is 2.09. The van der Waals surface area contributed by atoms with E-state index in [2.05, 4.69) is 6.92 Å². The third-order valence-corrected chi connectivity index (χ3v) is 1.86. The van der Waals surface area contributed by atoms with Crippen LogP contribution >= 0.6 is 0 Å². The van der Waals surface area contributed by atoms with E-state index in [1.54, 1.807) is 0 Å². The van der Waals surface area contributed by atoms with Gasteiger partial charge in [0.1, 0.15) is 11.5 Å². The van der Waals surface area contributed by atoms with Crippen LogP contribution in [-0.4, -0.2) is 7.12 Å². The minimum absolute atomic E-state index is 0.239. The molecule has 0 radical (unpaired) electrons. The van der Waals surface area contributed by atoms with Crippen LogP contribution in [0.5, 0.6) is 11.5 Å². The van der Waals surface area contributed by atoms with Crippen molar-refractivity contribution in [3.05, 3.63) is 36.3 Å². The quantitative estimate of drug-likeness (QED) is 0.641. The van der Waals surface area contributed by atoms with Gasteiger partial charge in [0.2, 0.25) is 0 Å². The van der Waals surface area contributed by atoms with Crippen molar-refractivity contribution in [1.29, 1.82) is 0 Å². The number of benzene rings is 1. The summed E-state index contributed by atoms with van der Waals surface area (Å²) in [5, 5.41) is 0. The topological polar surface area (TPSA) is 18.5 Å². The van der Waals surface area contributed by atoms with Crippen LogP contribution in [-0.2, 0) is 0 Å². The van der Waals surface area contributed by atoms with Crippen LogP contribution in [0.1, 0.15) is 13.3 Å². The number of rotatable bonds is 2. The molecule has 1 aliphatic heterocycles. The Kier molecular flexibility index (Phi) is 2.26. The summed E-state index contributed by atoms with van der Waals surface area (Å²) in [7, 11) is -0.239. The molecule has 1 heterocycles. The molecular weight excluding hydrogens is 163 g/mol. The number of allylic oxidation sites excluding steroid dienone is 1. The number of hydrogen-bond acceptors (Lipinski definition) is 2. The summed E-state index contributed by atoms with van der Waals surface area (Å²) in [5.41, 5.74) is 0. The van der Waals surface area contributed by atoms with Gasteiger partial charge in [0.25, 0.3) is 0 Å². The van der Waals surface area contributed by atoms with Crippen LogP contribution in [0.15, 0.2) is 36.3 Å². The minimum Gasteiger partial charge on any atom is -0.520 e. The average molecular weight is 174 g/mol. The molecule has 0 unspecified atom stereocenters. The van der Waals surface area contributed by atoms with E-state index in [0.29, 0.717) is 0 Å². The first-order chi connectivity index (χ1) is 6.40. The van der Waals surface area contributed by atoms with Crippen molar-refractivity contribution in [2.45, 2.75) is 13.3 Å². The van der Waals surface area contributed by atoms with Gasteiger partial charge < -0.3 is 9.31 Å². The highest BCUT2D eigenvalue weighted by Crippen LogP contribution is 2.32. The predicted octanol–water partition coefficient (Wildman–Crippen LogP) is 2.45. The smallest absolute Gasteiger partial charge is 0.520 e. The Morgan fingerprint density at radius 3 is 2.38 bits per heavy atom. The molecule has 0 aromatic heterocycles. The highest BCUT2D eigenvalue weighted by Gasteiger charge is 2.28.